The zero-order chi connectivity index (χ0) is 12.8. The van der Waals surface area contributed by atoms with Crippen molar-refractivity contribution in [1.82, 2.24) is 4.98 Å². The SMILES string of the molecule is CCCCCCCSc1nc2cc(N)ccc2o1. The van der Waals surface area contributed by atoms with Crippen molar-refractivity contribution in [2.24, 2.45) is 0 Å². The normalized spacial score (nSPS) is 11.2. The quantitative estimate of drug-likeness (QED) is 0.455. The van der Waals surface area contributed by atoms with E-state index < -0.39 is 0 Å². The summed E-state index contributed by atoms with van der Waals surface area (Å²) in [7, 11) is 0. The number of thioether (sulfide) groups is 1. The number of unbranched alkanes of at least 4 members (excludes halogenated alkanes) is 4. The monoisotopic (exact) mass is 264 g/mol. The molecule has 1 heterocycles. The van der Waals surface area contributed by atoms with Crippen LogP contribution < -0.4 is 5.73 Å². The van der Waals surface area contributed by atoms with Crippen LogP contribution in [-0.4, -0.2) is 10.7 Å². The number of benzene rings is 1. The second-order valence-electron chi connectivity index (χ2n) is 4.47. The molecule has 0 spiro atoms. The standard InChI is InChI=1S/C14H20N2OS/c1-2-3-4-5-6-9-18-14-16-12-10-11(15)7-8-13(12)17-14/h7-8,10H,2-6,9,15H2,1H3. The molecule has 0 radical (unpaired) electrons. The van der Waals surface area contributed by atoms with Gasteiger partial charge in [-0.15, -0.1) is 0 Å². The minimum absolute atomic E-state index is 0.729. The predicted molar refractivity (Wildman–Crippen MR) is 77.9 cm³/mol. The number of nitrogens with two attached hydrogens (primary N) is 1. The van der Waals surface area contributed by atoms with Crippen LogP contribution in [0.1, 0.15) is 39.0 Å². The smallest absolute Gasteiger partial charge is 0.256 e. The van der Waals surface area contributed by atoms with E-state index in [0.717, 1.165) is 27.8 Å². The number of rotatable bonds is 7. The summed E-state index contributed by atoms with van der Waals surface area (Å²) in [6.45, 7) is 2.23. The van der Waals surface area contributed by atoms with Crippen molar-refractivity contribution < 1.29 is 4.42 Å². The molecule has 0 bridgehead atoms. The molecule has 2 aromatic rings. The molecule has 2 rings (SSSR count). The average Bonchev–Trinajstić information content (AvgIpc) is 2.75. The molecule has 98 valence electrons. The zero-order valence-electron chi connectivity index (χ0n) is 10.8. The third kappa shape index (κ3) is 3.67. The molecular formula is C14H20N2OS. The lowest BCUT2D eigenvalue weighted by Crippen LogP contribution is -1.82. The van der Waals surface area contributed by atoms with Crippen molar-refractivity contribution in [2.75, 3.05) is 11.5 Å². The van der Waals surface area contributed by atoms with Gasteiger partial charge in [0.05, 0.1) is 0 Å². The fraction of sp³-hybridized carbons (Fsp3) is 0.500. The molecule has 0 saturated carbocycles. The summed E-state index contributed by atoms with van der Waals surface area (Å²) in [5.41, 5.74) is 8.11. The number of hydrogen-bond acceptors (Lipinski definition) is 4. The van der Waals surface area contributed by atoms with E-state index in [1.807, 2.05) is 18.2 Å². The maximum atomic E-state index is 5.71. The first-order chi connectivity index (χ1) is 8.79. The van der Waals surface area contributed by atoms with Gasteiger partial charge in [-0.3, -0.25) is 0 Å². The summed E-state index contributed by atoms with van der Waals surface area (Å²) >= 11 is 1.69. The van der Waals surface area contributed by atoms with Gasteiger partial charge in [-0.05, 0) is 24.6 Å². The number of nitrogen functional groups attached to an aromatic ring is 1. The van der Waals surface area contributed by atoms with E-state index in [1.165, 1.54) is 32.1 Å². The van der Waals surface area contributed by atoms with Gasteiger partial charge < -0.3 is 10.2 Å². The Hall–Kier alpha value is -1.16. The lowest BCUT2D eigenvalue weighted by molar-refractivity contribution is 0.489. The van der Waals surface area contributed by atoms with Crippen molar-refractivity contribution in [2.45, 2.75) is 44.3 Å². The van der Waals surface area contributed by atoms with Crippen molar-refractivity contribution in [3.05, 3.63) is 18.2 Å². The lowest BCUT2D eigenvalue weighted by atomic mass is 10.2. The first-order valence-electron chi connectivity index (χ1n) is 6.58. The molecule has 2 N–H and O–H groups in total. The molecule has 1 aromatic heterocycles. The van der Waals surface area contributed by atoms with E-state index in [-0.39, 0.29) is 0 Å². The number of hydrogen-bond donors (Lipinski definition) is 1. The van der Waals surface area contributed by atoms with Gasteiger partial charge in [-0.2, -0.15) is 0 Å². The highest BCUT2D eigenvalue weighted by atomic mass is 32.2. The zero-order valence-corrected chi connectivity index (χ0v) is 11.6. The van der Waals surface area contributed by atoms with E-state index in [9.17, 15) is 0 Å². The Morgan fingerprint density at radius 3 is 2.89 bits per heavy atom. The van der Waals surface area contributed by atoms with Gasteiger partial charge in [0, 0.05) is 11.4 Å². The second kappa shape index (κ2) is 6.69. The Balaban J connectivity index is 1.81. The van der Waals surface area contributed by atoms with Crippen molar-refractivity contribution in [3.8, 4) is 0 Å². The largest absolute Gasteiger partial charge is 0.431 e. The molecule has 1 aromatic carbocycles. The van der Waals surface area contributed by atoms with Crippen molar-refractivity contribution in [1.29, 1.82) is 0 Å². The fourth-order valence-corrected chi connectivity index (χ4v) is 2.68. The van der Waals surface area contributed by atoms with E-state index in [0.29, 0.717) is 0 Å². The Morgan fingerprint density at radius 2 is 2.06 bits per heavy atom. The highest BCUT2D eigenvalue weighted by Gasteiger charge is 2.06. The highest BCUT2D eigenvalue weighted by molar-refractivity contribution is 7.99. The molecule has 4 heteroatoms. The van der Waals surface area contributed by atoms with E-state index in [2.05, 4.69) is 11.9 Å². The molecule has 0 fully saturated rings. The molecule has 0 aliphatic carbocycles. The van der Waals surface area contributed by atoms with Crippen LogP contribution in [0, 0.1) is 0 Å². The van der Waals surface area contributed by atoms with Crippen LogP contribution in [-0.2, 0) is 0 Å². The number of aromatic nitrogens is 1. The summed E-state index contributed by atoms with van der Waals surface area (Å²) in [4.78, 5) is 4.42. The second-order valence-corrected chi connectivity index (χ2v) is 5.52. The summed E-state index contributed by atoms with van der Waals surface area (Å²) in [6, 6.07) is 5.57. The minimum atomic E-state index is 0.729. The molecule has 3 nitrogen and oxygen atoms in total. The van der Waals surface area contributed by atoms with Gasteiger partial charge >= 0.3 is 0 Å². The van der Waals surface area contributed by atoms with Gasteiger partial charge in [-0.1, -0.05) is 44.4 Å². The fourth-order valence-electron chi connectivity index (χ4n) is 1.85. The Morgan fingerprint density at radius 1 is 1.22 bits per heavy atom. The summed E-state index contributed by atoms with van der Waals surface area (Å²) in [6.07, 6.45) is 6.49. The maximum absolute atomic E-state index is 5.71. The van der Waals surface area contributed by atoms with Crippen LogP contribution >= 0.6 is 11.8 Å². The van der Waals surface area contributed by atoms with Crippen LogP contribution in [0.4, 0.5) is 5.69 Å². The van der Waals surface area contributed by atoms with Crippen molar-refractivity contribution >= 4 is 28.5 Å². The summed E-state index contributed by atoms with van der Waals surface area (Å²) in [5.74, 6) is 1.08. The summed E-state index contributed by atoms with van der Waals surface area (Å²) < 4.78 is 5.65. The number of anilines is 1. The van der Waals surface area contributed by atoms with Crippen molar-refractivity contribution in [3.63, 3.8) is 0 Å². The number of fused-ring (bicyclic) bond motifs is 1. The highest BCUT2D eigenvalue weighted by Crippen LogP contribution is 2.25. The number of nitrogens with zero attached hydrogens (tertiary/aromatic N) is 1. The Kier molecular flexibility index (Phi) is 4.93. The third-order valence-electron chi connectivity index (χ3n) is 2.87. The number of oxazole rings is 1. The summed E-state index contributed by atoms with van der Waals surface area (Å²) in [5, 5.41) is 0.756. The van der Waals surface area contributed by atoms with Crippen LogP contribution in [0.25, 0.3) is 11.1 Å². The van der Waals surface area contributed by atoms with Gasteiger partial charge in [0.1, 0.15) is 5.52 Å². The predicted octanol–water partition coefficient (Wildman–Crippen LogP) is 4.47. The van der Waals surface area contributed by atoms with E-state index >= 15 is 0 Å². The molecule has 0 unspecified atom stereocenters. The molecule has 0 aliphatic rings. The molecule has 18 heavy (non-hydrogen) atoms. The molecule has 0 atom stereocenters. The van der Waals surface area contributed by atoms with Gasteiger partial charge in [0.15, 0.2) is 5.58 Å². The van der Waals surface area contributed by atoms with Crippen LogP contribution in [0.5, 0.6) is 0 Å². The molecule has 0 saturated heterocycles. The topological polar surface area (TPSA) is 52.0 Å². The van der Waals surface area contributed by atoms with Gasteiger partial charge in [-0.25, -0.2) is 4.98 Å². The Labute approximate surface area is 112 Å². The van der Waals surface area contributed by atoms with Gasteiger partial charge in [0.2, 0.25) is 0 Å². The third-order valence-corrected chi connectivity index (χ3v) is 3.78. The van der Waals surface area contributed by atoms with Crippen LogP contribution in [0.3, 0.4) is 0 Å². The first-order valence-corrected chi connectivity index (χ1v) is 7.57. The average molecular weight is 264 g/mol. The molecular weight excluding hydrogens is 244 g/mol. The van der Waals surface area contributed by atoms with Crippen LogP contribution in [0.2, 0.25) is 0 Å². The minimum Gasteiger partial charge on any atom is -0.431 e. The first kappa shape index (κ1) is 13.3. The van der Waals surface area contributed by atoms with Crippen LogP contribution in [0.15, 0.2) is 27.8 Å². The molecule has 0 aliphatic heterocycles. The maximum Gasteiger partial charge on any atom is 0.256 e. The van der Waals surface area contributed by atoms with E-state index in [1.54, 1.807) is 11.8 Å². The van der Waals surface area contributed by atoms with Gasteiger partial charge in [0.25, 0.3) is 5.22 Å². The molecule has 0 amide bonds. The lowest BCUT2D eigenvalue weighted by Gasteiger charge is -1.97. The van der Waals surface area contributed by atoms with E-state index in [4.69, 9.17) is 10.2 Å². The Bertz CT molecular complexity index is 495.